The van der Waals surface area contributed by atoms with Gasteiger partial charge in [-0.25, -0.2) is 0 Å². The molecule has 0 aliphatic heterocycles. The fourth-order valence-corrected chi connectivity index (χ4v) is 0.129. The molecule has 0 spiro atoms. The van der Waals surface area contributed by atoms with Crippen LogP contribution in [0.25, 0.3) is 0 Å². The van der Waals surface area contributed by atoms with Crippen molar-refractivity contribution in [3.05, 3.63) is 0 Å². The molecule has 5 heteroatoms. The Morgan fingerprint density at radius 3 is 1.27 bits per heavy atom. The molecule has 0 aromatic heterocycles. The monoisotopic (exact) mass is 160 g/mol. The first-order valence-electron chi connectivity index (χ1n) is 2.85. The molecule has 0 unspecified atom stereocenters. The van der Waals surface area contributed by atoms with Crippen molar-refractivity contribution in [3.8, 4) is 12.5 Å². The molecule has 0 radical (unpaired) electrons. The van der Waals surface area contributed by atoms with Crippen molar-refractivity contribution in [3.63, 3.8) is 0 Å². The van der Waals surface area contributed by atoms with Crippen LogP contribution in [-0.2, 0) is 9.47 Å². The molecule has 0 saturated carbocycles. The molecule has 0 aromatic carbocycles. The number of nitrogens with zero attached hydrogens (tertiary/aromatic N) is 2. The van der Waals surface area contributed by atoms with Crippen LogP contribution in [0, 0.1) is 23.0 Å². The molecule has 11 heavy (non-hydrogen) atoms. The predicted octanol–water partition coefficient (Wildman–Crippen LogP) is 0.183. The van der Waals surface area contributed by atoms with E-state index in [9.17, 15) is 0 Å². The molecule has 0 aliphatic carbocycles. The zero-order valence-electron chi connectivity index (χ0n) is 6.63. The standard InChI is InChI=1S/2C3H5NO.H2O/c2*1-2-5-3-4;/h2*2H2,1H3;1H2. The number of hydrogen-bond donors (Lipinski definition) is 0. The summed E-state index contributed by atoms with van der Waals surface area (Å²) in [4.78, 5) is 0. The van der Waals surface area contributed by atoms with Gasteiger partial charge in [-0.2, -0.15) is 10.5 Å². The smallest absolute Gasteiger partial charge is 0.286 e. The number of nitriles is 2. The van der Waals surface area contributed by atoms with Crippen molar-refractivity contribution in [1.82, 2.24) is 0 Å². The lowest BCUT2D eigenvalue weighted by Crippen LogP contribution is -1.73. The Kier molecular flexibility index (Phi) is 34.8. The van der Waals surface area contributed by atoms with Crippen molar-refractivity contribution < 1.29 is 14.9 Å². The van der Waals surface area contributed by atoms with Gasteiger partial charge in [0.2, 0.25) is 0 Å². The minimum Gasteiger partial charge on any atom is -0.428 e. The van der Waals surface area contributed by atoms with Crippen LogP contribution in [0.5, 0.6) is 0 Å². The molecular formula is C6H12N2O3. The van der Waals surface area contributed by atoms with Crippen LogP contribution in [0.1, 0.15) is 13.8 Å². The van der Waals surface area contributed by atoms with E-state index in [0.717, 1.165) is 0 Å². The summed E-state index contributed by atoms with van der Waals surface area (Å²) in [7, 11) is 0. The molecule has 0 fully saturated rings. The van der Waals surface area contributed by atoms with Crippen LogP contribution in [0.4, 0.5) is 0 Å². The highest BCUT2D eigenvalue weighted by Crippen LogP contribution is 1.59. The van der Waals surface area contributed by atoms with Crippen LogP contribution in [0.15, 0.2) is 0 Å². The first-order valence-corrected chi connectivity index (χ1v) is 2.85. The fourth-order valence-electron chi connectivity index (χ4n) is 0.129. The van der Waals surface area contributed by atoms with Gasteiger partial charge < -0.3 is 14.9 Å². The second-order valence-electron chi connectivity index (χ2n) is 1.05. The summed E-state index contributed by atoms with van der Waals surface area (Å²) in [6.07, 6.45) is 3.03. The van der Waals surface area contributed by atoms with Gasteiger partial charge in [0, 0.05) is 0 Å². The second-order valence-corrected chi connectivity index (χ2v) is 1.05. The quantitative estimate of drug-likeness (QED) is 0.538. The molecule has 0 amide bonds. The van der Waals surface area contributed by atoms with Gasteiger partial charge in [0.15, 0.2) is 0 Å². The van der Waals surface area contributed by atoms with Gasteiger partial charge in [0.05, 0.1) is 13.2 Å². The van der Waals surface area contributed by atoms with Gasteiger partial charge in [-0.15, -0.1) is 0 Å². The Morgan fingerprint density at radius 1 is 1.00 bits per heavy atom. The Labute approximate surface area is 66.1 Å². The predicted molar refractivity (Wildman–Crippen MR) is 38.1 cm³/mol. The zero-order valence-corrected chi connectivity index (χ0v) is 6.63. The SMILES string of the molecule is CCOC#N.CCOC#N.O. The highest BCUT2D eigenvalue weighted by atomic mass is 16.5. The molecule has 0 saturated heterocycles. The molecule has 0 atom stereocenters. The largest absolute Gasteiger partial charge is 0.428 e. The van der Waals surface area contributed by atoms with Gasteiger partial charge in [-0.1, -0.05) is 0 Å². The lowest BCUT2D eigenvalue weighted by Gasteiger charge is -1.76. The number of ether oxygens (including phenoxy) is 2. The van der Waals surface area contributed by atoms with Crippen molar-refractivity contribution in [2.45, 2.75) is 13.8 Å². The summed E-state index contributed by atoms with van der Waals surface area (Å²) in [5, 5.41) is 15.2. The first kappa shape index (κ1) is 16.3. The third-order valence-corrected chi connectivity index (χ3v) is 0.418. The zero-order chi connectivity index (χ0) is 8.24. The maximum absolute atomic E-state index is 7.59. The van der Waals surface area contributed by atoms with E-state index in [0.29, 0.717) is 13.2 Å². The van der Waals surface area contributed by atoms with Gasteiger partial charge >= 0.3 is 0 Å². The number of rotatable bonds is 2. The van der Waals surface area contributed by atoms with Gasteiger partial charge in [-0.3, -0.25) is 0 Å². The van der Waals surface area contributed by atoms with Crippen LogP contribution in [-0.4, -0.2) is 18.7 Å². The van der Waals surface area contributed by atoms with Crippen molar-refractivity contribution in [1.29, 1.82) is 10.5 Å². The van der Waals surface area contributed by atoms with Crippen molar-refractivity contribution in [2.75, 3.05) is 13.2 Å². The minimum absolute atomic E-state index is 0. The fraction of sp³-hybridized carbons (Fsp3) is 0.667. The molecule has 0 rings (SSSR count). The summed E-state index contributed by atoms with van der Waals surface area (Å²) in [5.74, 6) is 0. The third kappa shape index (κ3) is 56.6. The minimum atomic E-state index is 0. The van der Waals surface area contributed by atoms with E-state index in [-0.39, 0.29) is 5.48 Å². The van der Waals surface area contributed by atoms with Crippen molar-refractivity contribution in [2.24, 2.45) is 0 Å². The highest BCUT2D eigenvalue weighted by Gasteiger charge is 1.60. The summed E-state index contributed by atoms with van der Waals surface area (Å²) >= 11 is 0. The third-order valence-electron chi connectivity index (χ3n) is 0.418. The molecule has 0 heterocycles. The average Bonchev–Trinajstić information content (AvgIpc) is 1.93. The highest BCUT2D eigenvalue weighted by molar-refractivity contribution is 4.42. The molecule has 64 valence electrons. The second kappa shape index (κ2) is 23.6. The molecule has 0 aliphatic rings. The Hall–Kier alpha value is -1.46. The lowest BCUT2D eigenvalue weighted by atomic mass is 10.9. The van der Waals surface area contributed by atoms with Gasteiger partial charge in [-0.05, 0) is 13.8 Å². The van der Waals surface area contributed by atoms with E-state index in [1.54, 1.807) is 13.8 Å². The van der Waals surface area contributed by atoms with E-state index in [1.165, 1.54) is 12.5 Å². The van der Waals surface area contributed by atoms with E-state index in [2.05, 4.69) is 9.47 Å². The van der Waals surface area contributed by atoms with Crippen LogP contribution < -0.4 is 0 Å². The molecule has 2 N–H and O–H groups in total. The number of hydrogen-bond acceptors (Lipinski definition) is 4. The first-order chi connectivity index (χ1) is 4.83. The molecule has 5 nitrogen and oxygen atoms in total. The summed E-state index contributed by atoms with van der Waals surface area (Å²) in [6.45, 7) is 4.50. The van der Waals surface area contributed by atoms with Crippen LogP contribution in [0.2, 0.25) is 0 Å². The molecule has 0 aromatic rings. The van der Waals surface area contributed by atoms with E-state index in [4.69, 9.17) is 10.5 Å². The average molecular weight is 160 g/mol. The molecule has 0 bridgehead atoms. The van der Waals surface area contributed by atoms with Gasteiger partial charge in [0.1, 0.15) is 0 Å². The lowest BCUT2D eigenvalue weighted by molar-refractivity contribution is 0.291. The van der Waals surface area contributed by atoms with Crippen LogP contribution in [0.3, 0.4) is 0 Å². The Balaban J connectivity index is -0.000000107. The van der Waals surface area contributed by atoms with E-state index < -0.39 is 0 Å². The topological polar surface area (TPSA) is 97.5 Å². The summed E-state index contributed by atoms with van der Waals surface area (Å²) < 4.78 is 8.28. The Bertz CT molecular complexity index is 109. The Morgan fingerprint density at radius 2 is 1.27 bits per heavy atom. The summed E-state index contributed by atoms with van der Waals surface area (Å²) in [5.41, 5.74) is 0. The maximum Gasteiger partial charge on any atom is 0.286 e. The summed E-state index contributed by atoms with van der Waals surface area (Å²) in [6, 6.07) is 0. The van der Waals surface area contributed by atoms with Gasteiger partial charge in [0.25, 0.3) is 12.5 Å². The maximum atomic E-state index is 7.59. The van der Waals surface area contributed by atoms with Crippen LogP contribution >= 0.6 is 0 Å². The van der Waals surface area contributed by atoms with E-state index >= 15 is 0 Å². The van der Waals surface area contributed by atoms with E-state index in [1.807, 2.05) is 0 Å². The van der Waals surface area contributed by atoms with Crippen molar-refractivity contribution >= 4 is 0 Å². The molecular weight excluding hydrogens is 148 g/mol. The normalized spacial score (nSPS) is 5.09.